The summed E-state index contributed by atoms with van der Waals surface area (Å²) in [6.07, 6.45) is 0. The maximum atomic E-state index is 9.62. The number of hydrogen-bond donors (Lipinski definition) is 0. The summed E-state index contributed by atoms with van der Waals surface area (Å²) in [4.78, 5) is 9.62. The smallest absolute Gasteiger partial charge is 0.499 e. The van der Waals surface area contributed by atoms with Crippen molar-refractivity contribution in [3.05, 3.63) is 0 Å². The first-order chi connectivity index (χ1) is 2.27. The molecule has 0 aromatic rings. The van der Waals surface area contributed by atoms with Gasteiger partial charge in [0, 0.05) is 48.7 Å². The zero-order valence-electron chi connectivity index (χ0n) is 3.82. The number of carbonyl (C=O) groups excluding carboxylic acids is 1. The zero-order chi connectivity index (χ0) is 4.28. The maximum absolute atomic E-state index is 9.62. The van der Waals surface area contributed by atoms with Crippen LogP contribution in [0.4, 0.5) is 0 Å². The van der Waals surface area contributed by atoms with E-state index in [1.165, 1.54) is 6.92 Å². The molecular weight excluding hydrogens is 223 g/mol. The molecule has 0 aliphatic heterocycles. The third kappa shape index (κ3) is 9.03. The van der Waals surface area contributed by atoms with E-state index >= 15 is 0 Å². The second kappa shape index (κ2) is 6.38. The first kappa shape index (κ1) is 10.4. The van der Waals surface area contributed by atoms with Crippen molar-refractivity contribution < 1.29 is 50.3 Å². The van der Waals surface area contributed by atoms with Gasteiger partial charge in [-0.3, -0.25) is 4.79 Å². The van der Waals surface area contributed by atoms with Crippen molar-refractivity contribution in [2.45, 2.75) is 6.92 Å². The molecule has 0 aromatic carbocycles. The molecule has 0 aromatic heterocycles. The average molecular weight is 228 g/mol. The molecule has 0 fully saturated rings. The van der Waals surface area contributed by atoms with Crippen molar-refractivity contribution in [3.8, 4) is 0 Å². The van der Waals surface area contributed by atoms with Crippen LogP contribution in [0.1, 0.15) is 6.92 Å². The van der Waals surface area contributed by atoms with Crippen LogP contribution in [0.15, 0.2) is 0 Å². The second-order valence-electron chi connectivity index (χ2n) is 0.696. The van der Waals surface area contributed by atoms with Crippen LogP contribution in [0.2, 0.25) is 0 Å². The molecule has 6 heavy (non-hydrogen) atoms. The molecule has 0 saturated heterocycles. The van der Waals surface area contributed by atoms with Crippen molar-refractivity contribution in [2.75, 3.05) is 0 Å². The molecule has 0 radical (unpaired) electrons. The quantitative estimate of drug-likeness (QED) is 0.502. The SMILES string of the molecule is CC(=O)[O][AlH2].[Ce]. The Morgan fingerprint density at radius 3 is 2.00 bits per heavy atom. The summed E-state index contributed by atoms with van der Waals surface area (Å²) in [5.74, 6) is -0.184. The second-order valence-corrected chi connectivity index (χ2v) is 1.10. The Morgan fingerprint density at radius 1 is 1.83 bits per heavy atom. The Morgan fingerprint density at radius 2 is 2.00 bits per heavy atom. The van der Waals surface area contributed by atoms with Crippen molar-refractivity contribution in [1.29, 1.82) is 0 Å². The molecule has 2 nitrogen and oxygen atoms in total. The topological polar surface area (TPSA) is 26.3 Å². The predicted molar refractivity (Wildman–Crippen MR) is 20.3 cm³/mol. The fourth-order valence-electron chi connectivity index (χ4n) is 0. The Bertz CT molecular complexity index is 46.8. The van der Waals surface area contributed by atoms with E-state index < -0.39 is 0 Å². The molecule has 0 unspecified atom stereocenters. The Hall–Kier alpha value is 1.38. The molecule has 0 aliphatic carbocycles. The van der Waals surface area contributed by atoms with E-state index in [-0.39, 0.29) is 47.7 Å². The molecule has 0 N–H and O–H groups in total. The molecule has 0 rings (SSSR count). The molecule has 32 valence electrons. The van der Waals surface area contributed by atoms with Gasteiger partial charge in [-0.2, -0.15) is 0 Å². The summed E-state index contributed by atoms with van der Waals surface area (Å²) >= 11 is 0.524. The first-order valence-corrected chi connectivity index (χ1v) is 2.13. The maximum Gasteiger partial charge on any atom is 0.499 e. The summed E-state index contributed by atoms with van der Waals surface area (Å²) in [6.45, 7) is 1.40. The van der Waals surface area contributed by atoms with Gasteiger partial charge < -0.3 is 3.79 Å². The minimum absolute atomic E-state index is 0. The van der Waals surface area contributed by atoms with Gasteiger partial charge >= 0.3 is 16.6 Å². The van der Waals surface area contributed by atoms with E-state index in [1.54, 1.807) is 0 Å². The molecule has 0 bridgehead atoms. The van der Waals surface area contributed by atoms with Crippen molar-refractivity contribution in [1.82, 2.24) is 0 Å². The molecule has 0 amide bonds. The molecular formula is C2H5AlCeO2. The van der Waals surface area contributed by atoms with E-state index in [2.05, 4.69) is 3.79 Å². The Kier molecular flexibility index (Phi) is 11.0. The zero-order valence-corrected chi connectivity index (χ0v) is 8.96. The number of carbonyl (C=O) groups is 1. The van der Waals surface area contributed by atoms with Gasteiger partial charge in [-0.15, -0.1) is 0 Å². The van der Waals surface area contributed by atoms with Crippen molar-refractivity contribution in [3.63, 3.8) is 0 Å². The fourth-order valence-corrected chi connectivity index (χ4v) is 0. The standard InChI is InChI=1S/C2H4O2.Al.Ce.2H/c1-2(3)4;;;;/h1H3,(H,3,4);;;;/q;+1;;;/p-1. The van der Waals surface area contributed by atoms with Crippen LogP contribution in [0.3, 0.4) is 0 Å². The molecule has 0 spiro atoms. The number of rotatable bonds is 0. The molecule has 0 saturated carbocycles. The van der Waals surface area contributed by atoms with Crippen LogP contribution in [-0.4, -0.2) is 22.6 Å². The van der Waals surface area contributed by atoms with Crippen LogP contribution in [0, 0.1) is 41.7 Å². The van der Waals surface area contributed by atoms with Gasteiger partial charge in [0.05, 0.1) is 0 Å². The van der Waals surface area contributed by atoms with Crippen LogP contribution >= 0.6 is 0 Å². The van der Waals surface area contributed by atoms with Gasteiger partial charge in [-0.05, 0) is 0 Å². The van der Waals surface area contributed by atoms with Crippen LogP contribution in [-0.2, 0) is 8.58 Å². The van der Waals surface area contributed by atoms with E-state index in [0.717, 1.165) is 0 Å². The summed E-state index contributed by atoms with van der Waals surface area (Å²) in [7, 11) is 0. The fraction of sp³-hybridized carbons (Fsp3) is 0.500. The van der Waals surface area contributed by atoms with E-state index in [9.17, 15) is 4.79 Å². The summed E-state index contributed by atoms with van der Waals surface area (Å²) in [5.41, 5.74) is 0. The summed E-state index contributed by atoms with van der Waals surface area (Å²) in [5, 5.41) is 0. The van der Waals surface area contributed by atoms with Gasteiger partial charge in [0.15, 0.2) is 0 Å². The van der Waals surface area contributed by atoms with Gasteiger partial charge in [0.2, 0.25) is 0 Å². The summed E-state index contributed by atoms with van der Waals surface area (Å²) < 4.78 is 4.25. The Balaban J connectivity index is 0. The molecule has 0 heterocycles. The van der Waals surface area contributed by atoms with Crippen LogP contribution in [0.25, 0.3) is 0 Å². The minimum atomic E-state index is -0.184. The van der Waals surface area contributed by atoms with E-state index in [4.69, 9.17) is 0 Å². The monoisotopic (exact) mass is 228 g/mol. The largest absolute Gasteiger partial charge is 0.622 e. The van der Waals surface area contributed by atoms with Crippen LogP contribution < -0.4 is 0 Å². The van der Waals surface area contributed by atoms with E-state index in [1.807, 2.05) is 0 Å². The van der Waals surface area contributed by atoms with Crippen LogP contribution in [0.5, 0.6) is 0 Å². The Labute approximate surface area is 78.8 Å². The first-order valence-electron chi connectivity index (χ1n) is 1.32. The molecule has 4 heteroatoms. The van der Waals surface area contributed by atoms with Gasteiger partial charge in [0.25, 0.3) is 5.97 Å². The predicted octanol–water partition coefficient (Wildman–Crippen LogP) is -0.902. The summed E-state index contributed by atoms with van der Waals surface area (Å²) in [6, 6.07) is 0. The average Bonchev–Trinajstić information content (AvgIpc) is 1.38. The molecule has 0 aliphatic rings. The van der Waals surface area contributed by atoms with Crippen molar-refractivity contribution >= 4 is 22.6 Å². The number of hydrogen-bond acceptors (Lipinski definition) is 2. The van der Waals surface area contributed by atoms with Crippen molar-refractivity contribution in [2.24, 2.45) is 0 Å². The van der Waals surface area contributed by atoms with E-state index in [0.29, 0.717) is 16.6 Å². The third-order valence-electron chi connectivity index (χ3n) is 0.287. The van der Waals surface area contributed by atoms with Gasteiger partial charge in [0.1, 0.15) is 0 Å². The van der Waals surface area contributed by atoms with Gasteiger partial charge in [-0.25, -0.2) is 0 Å². The molecule has 0 atom stereocenters. The normalized spacial score (nSPS) is 5.50. The third-order valence-corrected chi connectivity index (χ3v) is 0.862. The minimum Gasteiger partial charge on any atom is -0.622 e. The van der Waals surface area contributed by atoms with Gasteiger partial charge in [-0.1, -0.05) is 0 Å².